The van der Waals surface area contributed by atoms with E-state index < -0.39 is 11.8 Å². The van der Waals surface area contributed by atoms with Crippen molar-refractivity contribution in [3.63, 3.8) is 0 Å². The maximum absolute atomic E-state index is 14.0. The van der Waals surface area contributed by atoms with Gasteiger partial charge in [-0.15, -0.1) is 0 Å². The van der Waals surface area contributed by atoms with E-state index in [0.29, 0.717) is 58.0 Å². The first-order valence-corrected chi connectivity index (χ1v) is 10.4. The van der Waals surface area contributed by atoms with Crippen LogP contribution in [-0.2, 0) is 9.59 Å². The number of carbonyl (C=O) groups excluding carboxylic acids is 2. The molecule has 7 heteroatoms. The Morgan fingerprint density at radius 2 is 1.30 bits per heavy atom. The van der Waals surface area contributed by atoms with E-state index in [1.807, 2.05) is 11.0 Å². The van der Waals surface area contributed by atoms with Crippen LogP contribution in [0.5, 0.6) is 0 Å². The third kappa shape index (κ3) is 4.25. The van der Waals surface area contributed by atoms with Gasteiger partial charge in [-0.25, -0.2) is 4.39 Å². The molecule has 0 saturated carbocycles. The second-order valence-corrected chi connectivity index (χ2v) is 7.85. The van der Waals surface area contributed by atoms with Gasteiger partial charge in [-0.1, -0.05) is 24.3 Å². The second-order valence-electron chi connectivity index (χ2n) is 7.85. The number of rotatable bonds is 2. The highest BCUT2D eigenvalue weighted by molar-refractivity contribution is 6.35. The molecule has 2 aromatic carbocycles. The molecule has 0 bridgehead atoms. The highest BCUT2D eigenvalue weighted by atomic mass is 19.1. The minimum absolute atomic E-state index is 0.264. The van der Waals surface area contributed by atoms with Gasteiger partial charge in [0.15, 0.2) is 0 Å². The summed E-state index contributed by atoms with van der Waals surface area (Å²) < 4.78 is 14.0. The monoisotopic (exact) mass is 410 g/mol. The SMILES string of the molecule is Cc1cccc(N2CCN(C(=O)C(=O)N3CCN(c4ccccc4F)CC3)CC2)c1. The number of para-hydroxylation sites is 1. The summed E-state index contributed by atoms with van der Waals surface area (Å²) in [5.74, 6) is -1.15. The van der Waals surface area contributed by atoms with Gasteiger partial charge in [-0.3, -0.25) is 9.59 Å². The summed E-state index contributed by atoms with van der Waals surface area (Å²) in [6, 6.07) is 15.0. The van der Waals surface area contributed by atoms with Crippen LogP contribution in [0, 0.1) is 12.7 Å². The highest BCUT2D eigenvalue weighted by Gasteiger charge is 2.31. The molecule has 4 rings (SSSR count). The second kappa shape index (κ2) is 8.73. The standard InChI is InChI=1S/C23H27FN4O2/c1-18-5-4-6-19(17-18)25-9-13-27(14-10-25)22(29)23(30)28-15-11-26(12-16-28)21-8-3-2-7-20(21)24/h2-8,17H,9-16H2,1H3. The average molecular weight is 410 g/mol. The predicted octanol–water partition coefficient (Wildman–Crippen LogP) is 2.13. The molecule has 2 aliphatic heterocycles. The fraction of sp³-hybridized carbons (Fsp3) is 0.391. The third-order valence-electron chi connectivity index (χ3n) is 5.88. The fourth-order valence-electron chi connectivity index (χ4n) is 4.12. The van der Waals surface area contributed by atoms with Crippen molar-refractivity contribution in [3.05, 3.63) is 59.9 Å². The maximum atomic E-state index is 14.0. The van der Waals surface area contributed by atoms with Crippen LogP contribution < -0.4 is 9.80 Å². The Balaban J connectivity index is 1.29. The summed E-state index contributed by atoms with van der Waals surface area (Å²) in [4.78, 5) is 32.9. The van der Waals surface area contributed by atoms with Gasteiger partial charge in [-0.05, 0) is 36.8 Å². The van der Waals surface area contributed by atoms with Gasteiger partial charge in [0.2, 0.25) is 0 Å². The molecule has 2 amide bonds. The third-order valence-corrected chi connectivity index (χ3v) is 5.88. The molecular weight excluding hydrogens is 383 g/mol. The summed E-state index contributed by atoms with van der Waals surface area (Å²) >= 11 is 0. The van der Waals surface area contributed by atoms with Crippen molar-refractivity contribution in [2.24, 2.45) is 0 Å². The van der Waals surface area contributed by atoms with Crippen molar-refractivity contribution in [2.75, 3.05) is 62.2 Å². The Labute approximate surface area is 176 Å². The lowest BCUT2D eigenvalue weighted by Gasteiger charge is -2.39. The lowest BCUT2D eigenvalue weighted by Crippen LogP contribution is -2.56. The van der Waals surface area contributed by atoms with E-state index >= 15 is 0 Å². The lowest BCUT2D eigenvalue weighted by atomic mass is 10.2. The van der Waals surface area contributed by atoms with Crippen LogP contribution in [0.25, 0.3) is 0 Å². The molecule has 2 aliphatic rings. The molecule has 2 aromatic rings. The predicted molar refractivity (Wildman–Crippen MR) is 115 cm³/mol. The fourth-order valence-corrected chi connectivity index (χ4v) is 4.12. The molecule has 6 nitrogen and oxygen atoms in total. The van der Waals surface area contributed by atoms with Crippen molar-refractivity contribution >= 4 is 23.2 Å². The average Bonchev–Trinajstić information content (AvgIpc) is 2.79. The number of benzene rings is 2. The number of carbonyl (C=O) groups is 2. The van der Waals surface area contributed by atoms with Crippen molar-refractivity contribution < 1.29 is 14.0 Å². The van der Waals surface area contributed by atoms with Crippen LogP contribution in [0.4, 0.5) is 15.8 Å². The Bertz CT molecular complexity index is 919. The van der Waals surface area contributed by atoms with Crippen LogP contribution in [0.2, 0.25) is 0 Å². The largest absolute Gasteiger partial charge is 0.368 e. The van der Waals surface area contributed by atoms with Crippen LogP contribution in [0.15, 0.2) is 48.5 Å². The Kier molecular flexibility index (Phi) is 5.88. The van der Waals surface area contributed by atoms with Crippen LogP contribution >= 0.6 is 0 Å². The van der Waals surface area contributed by atoms with E-state index in [0.717, 1.165) is 5.69 Å². The molecule has 0 aromatic heterocycles. The van der Waals surface area contributed by atoms with Crippen LogP contribution in [0.3, 0.4) is 0 Å². The van der Waals surface area contributed by atoms with Gasteiger partial charge in [0.1, 0.15) is 5.82 Å². The molecule has 2 saturated heterocycles. The number of piperazine rings is 2. The number of halogens is 1. The zero-order valence-corrected chi connectivity index (χ0v) is 17.3. The number of hydrogen-bond donors (Lipinski definition) is 0. The highest BCUT2D eigenvalue weighted by Crippen LogP contribution is 2.21. The van der Waals surface area contributed by atoms with Crippen molar-refractivity contribution in [2.45, 2.75) is 6.92 Å². The van der Waals surface area contributed by atoms with Crippen LogP contribution in [0.1, 0.15) is 5.56 Å². The number of anilines is 2. The zero-order chi connectivity index (χ0) is 21.1. The van der Waals surface area contributed by atoms with Crippen LogP contribution in [-0.4, -0.2) is 74.0 Å². The Morgan fingerprint density at radius 1 is 0.733 bits per heavy atom. The topological polar surface area (TPSA) is 47.1 Å². The minimum atomic E-state index is -0.452. The van der Waals surface area contributed by atoms with E-state index in [4.69, 9.17) is 0 Å². The first kappa shape index (κ1) is 20.2. The van der Waals surface area contributed by atoms with Gasteiger partial charge >= 0.3 is 11.8 Å². The molecule has 30 heavy (non-hydrogen) atoms. The number of aryl methyl sites for hydroxylation is 1. The first-order chi connectivity index (χ1) is 14.5. The molecule has 0 aliphatic carbocycles. The molecule has 0 N–H and O–H groups in total. The van der Waals surface area contributed by atoms with E-state index in [-0.39, 0.29) is 5.82 Å². The molecule has 0 radical (unpaired) electrons. The summed E-state index contributed by atoms with van der Waals surface area (Å²) in [6.07, 6.45) is 0. The summed E-state index contributed by atoms with van der Waals surface area (Å²) in [7, 11) is 0. The molecule has 0 spiro atoms. The van der Waals surface area contributed by atoms with Gasteiger partial charge in [0.05, 0.1) is 5.69 Å². The molecule has 0 atom stereocenters. The smallest absolute Gasteiger partial charge is 0.312 e. The van der Waals surface area contributed by atoms with Gasteiger partial charge < -0.3 is 19.6 Å². The van der Waals surface area contributed by atoms with Gasteiger partial charge in [0.25, 0.3) is 0 Å². The summed E-state index contributed by atoms with van der Waals surface area (Å²) in [5, 5.41) is 0. The summed E-state index contributed by atoms with van der Waals surface area (Å²) in [5.41, 5.74) is 2.90. The van der Waals surface area contributed by atoms with E-state index in [1.165, 1.54) is 11.6 Å². The molecular formula is C23H27FN4O2. The van der Waals surface area contributed by atoms with E-state index in [9.17, 15) is 14.0 Å². The van der Waals surface area contributed by atoms with Crippen molar-refractivity contribution in [1.82, 2.24) is 9.80 Å². The quantitative estimate of drug-likeness (QED) is 0.712. The molecule has 2 heterocycles. The van der Waals surface area contributed by atoms with Gasteiger partial charge in [0, 0.05) is 58.0 Å². The Morgan fingerprint density at radius 3 is 1.87 bits per heavy atom. The Hall–Kier alpha value is -3.09. The van der Waals surface area contributed by atoms with Crippen molar-refractivity contribution in [1.29, 1.82) is 0 Å². The van der Waals surface area contributed by atoms with Gasteiger partial charge in [-0.2, -0.15) is 0 Å². The zero-order valence-electron chi connectivity index (χ0n) is 17.3. The number of nitrogens with zero attached hydrogens (tertiary/aromatic N) is 4. The normalized spacial score (nSPS) is 17.3. The lowest BCUT2D eigenvalue weighted by molar-refractivity contribution is -0.152. The van der Waals surface area contributed by atoms with E-state index in [2.05, 4.69) is 30.0 Å². The number of hydrogen-bond acceptors (Lipinski definition) is 4. The molecule has 158 valence electrons. The summed E-state index contributed by atoms with van der Waals surface area (Å²) in [6.45, 7) is 6.43. The maximum Gasteiger partial charge on any atom is 0.312 e. The first-order valence-electron chi connectivity index (χ1n) is 10.4. The molecule has 0 unspecified atom stereocenters. The van der Waals surface area contributed by atoms with Crippen molar-refractivity contribution in [3.8, 4) is 0 Å². The minimum Gasteiger partial charge on any atom is -0.368 e. The van der Waals surface area contributed by atoms with E-state index in [1.54, 1.807) is 28.0 Å². The molecule has 2 fully saturated rings. The number of amides is 2.